The molecule has 0 aromatic heterocycles. The second-order valence-corrected chi connectivity index (χ2v) is 9.20. The molecule has 1 atom stereocenters. The number of hydrogen-bond donors (Lipinski definition) is 1. The van der Waals surface area contributed by atoms with Crippen LogP contribution >= 0.6 is 11.6 Å². The Labute approximate surface area is 191 Å². The summed E-state index contributed by atoms with van der Waals surface area (Å²) in [5.74, 6) is -0.126. The molecule has 1 fully saturated rings. The molecule has 5 heteroatoms. The largest absolute Gasteiger partial charge is 0.352 e. The smallest absolute Gasteiger partial charge is 0.242 e. The molecule has 0 aliphatic heterocycles. The normalized spacial score (nSPS) is 15.4. The number of nitrogens with zero attached hydrogens (tertiary/aromatic N) is 1. The highest BCUT2D eigenvalue weighted by Gasteiger charge is 2.28. The number of halogens is 1. The maximum Gasteiger partial charge on any atom is 0.242 e. The van der Waals surface area contributed by atoms with E-state index in [1.807, 2.05) is 43.3 Å². The summed E-state index contributed by atoms with van der Waals surface area (Å²) in [6.07, 6.45) is 5.85. The number of aryl methyl sites for hydroxylation is 2. The van der Waals surface area contributed by atoms with Gasteiger partial charge in [-0.3, -0.25) is 9.59 Å². The van der Waals surface area contributed by atoms with Gasteiger partial charge in [-0.2, -0.15) is 0 Å². The van der Waals surface area contributed by atoms with Crippen molar-refractivity contribution in [1.82, 2.24) is 10.2 Å². The van der Waals surface area contributed by atoms with E-state index in [-0.39, 0.29) is 24.3 Å². The van der Waals surface area contributed by atoms with Crippen LogP contribution < -0.4 is 5.32 Å². The van der Waals surface area contributed by atoms with Crippen molar-refractivity contribution in [3.8, 4) is 0 Å². The Morgan fingerprint density at radius 1 is 1.00 bits per heavy atom. The molecule has 0 radical (unpaired) electrons. The fourth-order valence-electron chi connectivity index (χ4n) is 4.13. The summed E-state index contributed by atoms with van der Waals surface area (Å²) in [6, 6.07) is 13.2. The maximum atomic E-state index is 13.3. The Kier molecular flexibility index (Phi) is 8.14. The quantitative estimate of drug-likeness (QED) is 0.629. The van der Waals surface area contributed by atoms with Crippen LogP contribution in [0.3, 0.4) is 0 Å². The van der Waals surface area contributed by atoms with Gasteiger partial charge in [0.2, 0.25) is 11.8 Å². The molecule has 0 bridgehead atoms. The van der Waals surface area contributed by atoms with Crippen molar-refractivity contribution in [1.29, 1.82) is 0 Å². The molecule has 1 saturated carbocycles. The Balaban J connectivity index is 1.76. The van der Waals surface area contributed by atoms with Gasteiger partial charge in [-0.25, -0.2) is 0 Å². The number of nitrogens with one attached hydrogen (secondary N) is 1. The van der Waals surface area contributed by atoms with Gasteiger partial charge in [-0.15, -0.1) is 0 Å². The summed E-state index contributed by atoms with van der Waals surface area (Å²) in [4.78, 5) is 28.1. The van der Waals surface area contributed by atoms with Crippen molar-refractivity contribution >= 4 is 23.4 Å². The van der Waals surface area contributed by atoms with Gasteiger partial charge in [0.25, 0.3) is 0 Å². The summed E-state index contributed by atoms with van der Waals surface area (Å²) >= 11 is 6.02. The van der Waals surface area contributed by atoms with Crippen LogP contribution in [0.2, 0.25) is 5.02 Å². The van der Waals surface area contributed by atoms with Crippen LogP contribution in [-0.2, 0) is 22.6 Å². The molecule has 31 heavy (non-hydrogen) atoms. The van der Waals surface area contributed by atoms with E-state index in [1.54, 1.807) is 4.90 Å². The predicted octanol–water partition coefficient (Wildman–Crippen LogP) is 5.37. The molecule has 1 N–H and O–H groups in total. The zero-order valence-corrected chi connectivity index (χ0v) is 19.5. The van der Waals surface area contributed by atoms with Crippen LogP contribution in [0, 0.1) is 13.8 Å². The van der Waals surface area contributed by atoms with E-state index in [9.17, 15) is 9.59 Å². The van der Waals surface area contributed by atoms with E-state index in [0.717, 1.165) is 42.4 Å². The highest BCUT2D eigenvalue weighted by molar-refractivity contribution is 6.30. The molecule has 4 nitrogen and oxygen atoms in total. The lowest BCUT2D eigenvalue weighted by Crippen LogP contribution is -2.50. The number of rotatable bonds is 7. The summed E-state index contributed by atoms with van der Waals surface area (Å²) in [7, 11) is 0. The van der Waals surface area contributed by atoms with Crippen molar-refractivity contribution in [2.24, 2.45) is 0 Å². The summed E-state index contributed by atoms with van der Waals surface area (Å²) in [6.45, 7) is 6.31. The van der Waals surface area contributed by atoms with E-state index in [4.69, 9.17) is 11.6 Å². The average molecular weight is 441 g/mol. The minimum Gasteiger partial charge on any atom is -0.352 e. The predicted molar refractivity (Wildman–Crippen MR) is 126 cm³/mol. The Morgan fingerprint density at radius 2 is 1.65 bits per heavy atom. The van der Waals surface area contributed by atoms with E-state index in [0.29, 0.717) is 11.6 Å². The van der Waals surface area contributed by atoms with Crippen LogP contribution in [0.15, 0.2) is 42.5 Å². The van der Waals surface area contributed by atoms with Gasteiger partial charge < -0.3 is 10.2 Å². The highest BCUT2D eigenvalue weighted by Crippen LogP contribution is 2.19. The van der Waals surface area contributed by atoms with Crippen LogP contribution in [0.4, 0.5) is 0 Å². The third kappa shape index (κ3) is 6.57. The molecule has 166 valence electrons. The summed E-state index contributed by atoms with van der Waals surface area (Å²) in [5.41, 5.74) is 4.29. The number of carbonyl (C=O) groups is 2. The van der Waals surface area contributed by atoms with Gasteiger partial charge in [-0.05, 0) is 68.0 Å². The monoisotopic (exact) mass is 440 g/mol. The molecule has 0 unspecified atom stereocenters. The molecular weight excluding hydrogens is 408 g/mol. The lowest BCUT2D eigenvalue weighted by molar-refractivity contribution is -0.140. The zero-order valence-electron chi connectivity index (χ0n) is 18.8. The van der Waals surface area contributed by atoms with Gasteiger partial charge in [0.1, 0.15) is 6.04 Å². The van der Waals surface area contributed by atoms with Crippen molar-refractivity contribution in [2.75, 3.05) is 0 Å². The van der Waals surface area contributed by atoms with Crippen molar-refractivity contribution in [3.05, 3.63) is 69.7 Å². The van der Waals surface area contributed by atoms with E-state index in [1.165, 1.54) is 12.0 Å². The van der Waals surface area contributed by atoms with Crippen LogP contribution in [0.5, 0.6) is 0 Å². The second kappa shape index (κ2) is 10.8. The summed E-state index contributed by atoms with van der Waals surface area (Å²) < 4.78 is 0. The highest BCUT2D eigenvalue weighted by atomic mass is 35.5. The molecular formula is C26H33ClN2O2. The van der Waals surface area contributed by atoms with Crippen LogP contribution in [0.1, 0.15) is 61.3 Å². The first-order chi connectivity index (χ1) is 14.8. The first-order valence-corrected chi connectivity index (χ1v) is 11.6. The maximum absolute atomic E-state index is 13.3. The second-order valence-electron chi connectivity index (χ2n) is 8.76. The third-order valence-electron chi connectivity index (χ3n) is 6.31. The first-order valence-electron chi connectivity index (χ1n) is 11.2. The molecule has 1 aliphatic carbocycles. The molecule has 1 aliphatic rings. The Bertz CT molecular complexity index is 904. The zero-order chi connectivity index (χ0) is 22.4. The van der Waals surface area contributed by atoms with Gasteiger partial charge in [-0.1, -0.05) is 61.2 Å². The minimum atomic E-state index is -0.545. The van der Waals surface area contributed by atoms with Crippen molar-refractivity contribution < 1.29 is 9.59 Å². The molecule has 2 aromatic rings. The topological polar surface area (TPSA) is 49.4 Å². The minimum absolute atomic E-state index is 0.0514. The van der Waals surface area contributed by atoms with E-state index in [2.05, 4.69) is 25.2 Å². The number of hydrogen-bond acceptors (Lipinski definition) is 2. The number of carbonyl (C=O) groups excluding carboxylic acids is 2. The lowest BCUT2D eigenvalue weighted by Gasteiger charge is -2.31. The fourth-order valence-corrected chi connectivity index (χ4v) is 4.25. The molecule has 2 aromatic carbocycles. The first kappa shape index (κ1) is 23.3. The molecule has 2 amide bonds. The van der Waals surface area contributed by atoms with Gasteiger partial charge in [0, 0.05) is 17.6 Å². The Morgan fingerprint density at radius 3 is 2.29 bits per heavy atom. The SMILES string of the molecule is Cc1ccc(CC(=O)N(Cc2ccc(Cl)cc2)[C@H](C)C(=O)NC2CCCCC2)cc1C. The van der Waals surface area contributed by atoms with Crippen LogP contribution in [-0.4, -0.2) is 28.8 Å². The molecule has 3 rings (SSSR count). The Hall–Kier alpha value is -2.33. The number of amides is 2. The summed E-state index contributed by atoms with van der Waals surface area (Å²) in [5, 5.41) is 3.83. The van der Waals surface area contributed by atoms with E-state index < -0.39 is 6.04 Å². The van der Waals surface area contributed by atoms with Crippen LogP contribution in [0.25, 0.3) is 0 Å². The number of benzene rings is 2. The van der Waals surface area contributed by atoms with Gasteiger partial charge >= 0.3 is 0 Å². The van der Waals surface area contributed by atoms with Gasteiger partial charge in [0.05, 0.1) is 6.42 Å². The van der Waals surface area contributed by atoms with Gasteiger partial charge in [0.15, 0.2) is 0 Å². The lowest BCUT2D eigenvalue weighted by atomic mass is 9.95. The standard InChI is InChI=1S/C26H33ClN2O2/c1-18-9-10-22(15-19(18)2)16-25(30)29(17-21-11-13-23(27)14-12-21)20(3)26(31)28-24-7-5-4-6-8-24/h9-15,20,24H,4-8,16-17H2,1-3H3,(H,28,31)/t20-/m1/s1. The molecule has 0 heterocycles. The fraction of sp³-hybridized carbons (Fsp3) is 0.462. The van der Waals surface area contributed by atoms with Crippen molar-refractivity contribution in [2.45, 2.75) is 77.9 Å². The van der Waals surface area contributed by atoms with E-state index >= 15 is 0 Å². The molecule has 0 spiro atoms. The van der Waals surface area contributed by atoms with Crippen molar-refractivity contribution in [3.63, 3.8) is 0 Å². The third-order valence-corrected chi connectivity index (χ3v) is 6.56. The molecule has 0 saturated heterocycles. The average Bonchev–Trinajstić information content (AvgIpc) is 2.76.